The fourth-order valence-electron chi connectivity index (χ4n) is 2.06. The Kier molecular flexibility index (Phi) is 3.42. The van der Waals surface area contributed by atoms with E-state index < -0.39 is 28.8 Å². The lowest BCUT2D eigenvalue weighted by atomic mass is 9.94. The molecule has 0 saturated heterocycles. The molecule has 2 rings (SSSR count). The van der Waals surface area contributed by atoms with Crippen LogP contribution in [0.4, 0.5) is 13.2 Å². The Hall–Kier alpha value is -2.10. The molecule has 0 fully saturated rings. The molecule has 1 nitrogen and oxygen atoms in total. The van der Waals surface area contributed by atoms with E-state index in [0.717, 1.165) is 0 Å². The minimum absolute atomic E-state index is 0.243. The van der Waals surface area contributed by atoms with Gasteiger partial charge in [-0.05, 0) is 25.0 Å². The molecule has 0 N–H and O–H groups in total. The molecule has 2 aromatic rings. The lowest BCUT2D eigenvalue weighted by Gasteiger charge is -2.10. The number of rotatable bonds is 2. The molecule has 0 aliphatic carbocycles. The summed E-state index contributed by atoms with van der Waals surface area (Å²) in [5.74, 6) is -4.20. The summed E-state index contributed by atoms with van der Waals surface area (Å²) in [7, 11) is 0. The highest BCUT2D eigenvalue weighted by Crippen LogP contribution is 2.22. The standard InChI is InChI=1S/C15H11F3O/c1-8-4-3-5-9(2)13(8)15(19)14-11(17)6-10(16)7-12(14)18/h3-7H,1-2H3. The third kappa shape index (κ3) is 2.38. The van der Waals surface area contributed by atoms with E-state index >= 15 is 0 Å². The summed E-state index contributed by atoms with van der Waals surface area (Å²) >= 11 is 0. The van der Waals surface area contributed by atoms with Crippen LogP contribution < -0.4 is 0 Å². The molecule has 0 saturated carbocycles. The molecule has 0 spiro atoms. The van der Waals surface area contributed by atoms with Crippen molar-refractivity contribution in [3.05, 3.63) is 70.0 Å². The maximum absolute atomic E-state index is 13.6. The zero-order valence-corrected chi connectivity index (χ0v) is 10.4. The van der Waals surface area contributed by atoms with E-state index in [0.29, 0.717) is 23.3 Å². The van der Waals surface area contributed by atoms with Gasteiger partial charge in [0.25, 0.3) is 0 Å². The second-order valence-corrected chi connectivity index (χ2v) is 4.34. The second-order valence-electron chi connectivity index (χ2n) is 4.34. The van der Waals surface area contributed by atoms with Crippen LogP contribution in [0.5, 0.6) is 0 Å². The number of benzene rings is 2. The van der Waals surface area contributed by atoms with Gasteiger partial charge in [-0.25, -0.2) is 13.2 Å². The van der Waals surface area contributed by atoms with Gasteiger partial charge in [0.2, 0.25) is 0 Å². The predicted octanol–water partition coefficient (Wildman–Crippen LogP) is 3.95. The summed E-state index contributed by atoms with van der Waals surface area (Å²) in [6, 6.07) is 6.12. The molecule has 0 heterocycles. The molecule has 2 aromatic carbocycles. The van der Waals surface area contributed by atoms with Gasteiger partial charge in [0.15, 0.2) is 5.78 Å². The summed E-state index contributed by atoms with van der Waals surface area (Å²) in [5.41, 5.74) is 0.756. The van der Waals surface area contributed by atoms with Gasteiger partial charge >= 0.3 is 0 Å². The van der Waals surface area contributed by atoms with Gasteiger partial charge in [-0.2, -0.15) is 0 Å². The number of halogens is 3. The number of hydrogen-bond donors (Lipinski definition) is 0. The highest BCUT2D eigenvalue weighted by atomic mass is 19.1. The Labute approximate surface area is 108 Å². The molecular weight excluding hydrogens is 253 g/mol. The molecule has 0 aliphatic rings. The summed E-state index contributed by atoms with van der Waals surface area (Å²) < 4.78 is 40.1. The Morgan fingerprint density at radius 1 is 0.895 bits per heavy atom. The van der Waals surface area contributed by atoms with Crippen molar-refractivity contribution in [1.29, 1.82) is 0 Å². The first-order valence-corrected chi connectivity index (χ1v) is 5.67. The topological polar surface area (TPSA) is 17.1 Å². The molecule has 0 radical (unpaired) electrons. The normalized spacial score (nSPS) is 10.6. The molecular formula is C15H11F3O. The summed E-state index contributed by atoms with van der Waals surface area (Å²) in [6.07, 6.45) is 0. The lowest BCUT2D eigenvalue weighted by molar-refractivity contribution is 0.103. The molecule has 0 aromatic heterocycles. The minimum Gasteiger partial charge on any atom is -0.288 e. The molecule has 0 atom stereocenters. The first kappa shape index (κ1) is 13.3. The molecule has 19 heavy (non-hydrogen) atoms. The SMILES string of the molecule is Cc1cccc(C)c1C(=O)c1c(F)cc(F)cc1F. The largest absolute Gasteiger partial charge is 0.288 e. The van der Waals surface area contributed by atoms with E-state index in [1.165, 1.54) is 0 Å². The fourth-order valence-corrected chi connectivity index (χ4v) is 2.06. The molecule has 0 amide bonds. The third-order valence-electron chi connectivity index (χ3n) is 2.94. The van der Waals surface area contributed by atoms with Crippen molar-refractivity contribution in [3.63, 3.8) is 0 Å². The summed E-state index contributed by atoms with van der Waals surface area (Å²) in [4.78, 5) is 12.2. The van der Waals surface area contributed by atoms with E-state index in [1.54, 1.807) is 32.0 Å². The van der Waals surface area contributed by atoms with Crippen molar-refractivity contribution in [2.75, 3.05) is 0 Å². The molecule has 0 unspecified atom stereocenters. The molecule has 0 bridgehead atoms. The molecule has 98 valence electrons. The van der Waals surface area contributed by atoms with Gasteiger partial charge in [0.05, 0.1) is 5.56 Å². The van der Waals surface area contributed by atoms with Crippen LogP contribution in [0.1, 0.15) is 27.0 Å². The van der Waals surface area contributed by atoms with E-state index in [-0.39, 0.29) is 5.56 Å². The van der Waals surface area contributed by atoms with Gasteiger partial charge < -0.3 is 0 Å². The van der Waals surface area contributed by atoms with Crippen LogP contribution in [0, 0.1) is 31.3 Å². The first-order valence-electron chi connectivity index (χ1n) is 5.67. The minimum atomic E-state index is -1.19. The van der Waals surface area contributed by atoms with Crippen molar-refractivity contribution in [1.82, 2.24) is 0 Å². The van der Waals surface area contributed by atoms with Gasteiger partial charge in [0.1, 0.15) is 17.5 Å². The zero-order chi connectivity index (χ0) is 14.2. The van der Waals surface area contributed by atoms with Gasteiger partial charge in [-0.3, -0.25) is 4.79 Å². The summed E-state index contributed by atoms with van der Waals surface area (Å²) in [5, 5.41) is 0. The van der Waals surface area contributed by atoms with Crippen molar-refractivity contribution in [2.24, 2.45) is 0 Å². The van der Waals surface area contributed by atoms with E-state index in [4.69, 9.17) is 0 Å². The summed E-state index contributed by atoms with van der Waals surface area (Å²) in [6.45, 7) is 3.36. The van der Waals surface area contributed by atoms with Crippen LogP contribution in [0.2, 0.25) is 0 Å². The number of hydrogen-bond acceptors (Lipinski definition) is 1. The van der Waals surface area contributed by atoms with Gasteiger partial charge in [0, 0.05) is 17.7 Å². The number of aryl methyl sites for hydroxylation is 2. The zero-order valence-electron chi connectivity index (χ0n) is 10.4. The Balaban J connectivity index is 2.64. The van der Waals surface area contributed by atoms with E-state index in [1.807, 2.05) is 0 Å². The van der Waals surface area contributed by atoms with Gasteiger partial charge in [-0.1, -0.05) is 18.2 Å². The van der Waals surface area contributed by atoms with Crippen LogP contribution in [-0.2, 0) is 0 Å². The Morgan fingerprint density at radius 2 is 1.37 bits per heavy atom. The number of carbonyl (C=O) groups excluding carboxylic acids is 1. The predicted molar refractivity (Wildman–Crippen MR) is 65.7 cm³/mol. The molecule has 0 aliphatic heterocycles. The van der Waals surface area contributed by atoms with E-state index in [9.17, 15) is 18.0 Å². The maximum Gasteiger partial charge on any atom is 0.199 e. The fraction of sp³-hybridized carbons (Fsp3) is 0.133. The first-order chi connectivity index (χ1) is 8.91. The van der Waals surface area contributed by atoms with Crippen LogP contribution in [0.3, 0.4) is 0 Å². The molecule has 4 heteroatoms. The van der Waals surface area contributed by atoms with Crippen LogP contribution in [-0.4, -0.2) is 5.78 Å². The Morgan fingerprint density at radius 3 is 1.84 bits per heavy atom. The smallest absolute Gasteiger partial charge is 0.199 e. The lowest BCUT2D eigenvalue weighted by Crippen LogP contribution is -2.11. The maximum atomic E-state index is 13.6. The van der Waals surface area contributed by atoms with Crippen LogP contribution >= 0.6 is 0 Å². The van der Waals surface area contributed by atoms with Crippen molar-refractivity contribution >= 4 is 5.78 Å². The van der Waals surface area contributed by atoms with E-state index in [2.05, 4.69) is 0 Å². The van der Waals surface area contributed by atoms with Crippen molar-refractivity contribution in [3.8, 4) is 0 Å². The average Bonchev–Trinajstić information content (AvgIpc) is 2.26. The highest BCUT2D eigenvalue weighted by molar-refractivity contribution is 6.11. The number of ketones is 1. The van der Waals surface area contributed by atoms with Crippen molar-refractivity contribution < 1.29 is 18.0 Å². The quantitative estimate of drug-likeness (QED) is 0.750. The second kappa shape index (κ2) is 4.88. The Bertz CT molecular complexity index is 619. The number of carbonyl (C=O) groups is 1. The van der Waals surface area contributed by atoms with Crippen LogP contribution in [0.15, 0.2) is 30.3 Å². The monoisotopic (exact) mass is 264 g/mol. The average molecular weight is 264 g/mol. The highest BCUT2D eigenvalue weighted by Gasteiger charge is 2.22. The third-order valence-corrected chi connectivity index (χ3v) is 2.94. The van der Waals surface area contributed by atoms with Crippen LogP contribution in [0.25, 0.3) is 0 Å². The van der Waals surface area contributed by atoms with Gasteiger partial charge in [-0.15, -0.1) is 0 Å². The van der Waals surface area contributed by atoms with Crippen molar-refractivity contribution in [2.45, 2.75) is 13.8 Å².